The van der Waals surface area contributed by atoms with Crippen LogP contribution in [0, 0.1) is 0 Å². The highest BCUT2D eigenvalue weighted by atomic mass is 28.3. The number of carbonyl (C=O) groups excluding carboxylic acids is 1. The maximum absolute atomic E-state index is 10.2. The first-order valence-corrected chi connectivity index (χ1v) is 5.85. The molecule has 71 valence electrons. The van der Waals surface area contributed by atoms with Crippen molar-refractivity contribution >= 4 is 15.5 Å². The predicted molar refractivity (Wildman–Crippen MR) is 53.4 cm³/mol. The molecule has 1 radical (unpaired) electrons. The highest BCUT2D eigenvalue weighted by Gasteiger charge is 2.39. The molecular formula is C9H19O2Si. The van der Waals surface area contributed by atoms with E-state index in [1.54, 1.807) is 6.47 Å². The molecule has 12 heavy (non-hydrogen) atoms. The van der Waals surface area contributed by atoms with E-state index in [9.17, 15) is 4.79 Å². The van der Waals surface area contributed by atoms with E-state index < -0.39 is 9.04 Å². The number of hydrogen-bond acceptors (Lipinski definition) is 2. The van der Waals surface area contributed by atoms with Crippen molar-refractivity contribution in [3.63, 3.8) is 0 Å². The second-order valence-corrected chi connectivity index (χ2v) is 9.77. The van der Waals surface area contributed by atoms with Gasteiger partial charge < -0.3 is 4.43 Å². The Morgan fingerprint density at radius 3 is 1.42 bits per heavy atom. The first-order valence-electron chi connectivity index (χ1n) is 4.22. The van der Waals surface area contributed by atoms with Gasteiger partial charge in [-0.2, -0.15) is 0 Å². The van der Waals surface area contributed by atoms with Crippen LogP contribution in [0.4, 0.5) is 0 Å². The zero-order valence-corrected chi connectivity index (χ0v) is 10.0. The van der Waals surface area contributed by atoms with E-state index in [-0.39, 0.29) is 10.1 Å². The van der Waals surface area contributed by atoms with Crippen LogP contribution in [0.25, 0.3) is 0 Å². The van der Waals surface area contributed by atoms with Crippen LogP contribution in [-0.2, 0) is 9.22 Å². The fraction of sp³-hybridized carbons (Fsp3) is 0.889. The largest absolute Gasteiger partial charge is 0.513 e. The molecule has 0 fully saturated rings. The van der Waals surface area contributed by atoms with Gasteiger partial charge in [-0.1, -0.05) is 41.5 Å². The average Bonchev–Trinajstić information content (AvgIpc) is 1.77. The maximum Gasteiger partial charge on any atom is 0.402 e. The summed E-state index contributed by atoms with van der Waals surface area (Å²) in [6.45, 7) is 14.3. The molecule has 0 spiro atoms. The van der Waals surface area contributed by atoms with E-state index in [1.807, 2.05) is 0 Å². The molecule has 0 aromatic carbocycles. The van der Waals surface area contributed by atoms with Crippen molar-refractivity contribution in [1.29, 1.82) is 0 Å². The molecule has 2 nitrogen and oxygen atoms in total. The van der Waals surface area contributed by atoms with Gasteiger partial charge in [0, 0.05) is 0 Å². The van der Waals surface area contributed by atoms with Crippen molar-refractivity contribution in [2.75, 3.05) is 0 Å². The Hall–Kier alpha value is -0.313. The van der Waals surface area contributed by atoms with Crippen LogP contribution in [-0.4, -0.2) is 15.5 Å². The lowest BCUT2D eigenvalue weighted by Gasteiger charge is -2.36. The Kier molecular flexibility index (Phi) is 3.51. The second kappa shape index (κ2) is 3.60. The Labute approximate surface area is 77.0 Å². The van der Waals surface area contributed by atoms with Crippen molar-refractivity contribution in [3.05, 3.63) is 0 Å². The first kappa shape index (κ1) is 11.7. The van der Waals surface area contributed by atoms with Gasteiger partial charge in [-0.3, -0.25) is 0 Å². The van der Waals surface area contributed by atoms with Crippen molar-refractivity contribution in [1.82, 2.24) is 0 Å². The molecule has 0 amide bonds. The van der Waals surface area contributed by atoms with E-state index in [2.05, 4.69) is 41.5 Å². The van der Waals surface area contributed by atoms with Gasteiger partial charge in [-0.25, -0.2) is 4.79 Å². The zero-order chi connectivity index (χ0) is 9.99. The zero-order valence-electron chi connectivity index (χ0n) is 8.89. The Morgan fingerprint density at radius 2 is 1.33 bits per heavy atom. The molecule has 0 heterocycles. The Morgan fingerprint density at radius 1 is 1.00 bits per heavy atom. The first-order chi connectivity index (χ1) is 5.19. The van der Waals surface area contributed by atoms with E-state index in [1.165, 1.54) is 0 Å². The SMILES string of the molecule is CC(C)(C)[SiH](O[C]=O)C(C)(C)C. The van der Waals surface area contributed by atoms with Gasteiger partial charge in [0.2, 0.25) is 0 Å². The average molecular weight is 187 g/mol. The smallest absolute Gasteiger partial charge is 0.402 e. The molecule has 0 N–H and O–H groups in total. The molecule has 0 saturated carbocycles. The summed E-state index contributed by atoms with van der Waals surface area (Å²) in [6.07, 6.45) is 0. The standard InChI is InChI=1S/C9H19O2Si/c1-8(2,3)12(11-7-10)9(4,5)6/h12H,1-6H3. The van der Waals surface area contributed by atoms with Crippen molar-refractivity contribution < 1.29 is 9.22 Å². The normalized spacial score (nSPS) is 13.2. The third kappa shape index (κ3) is 3.39. The molecular weight excluding hydrogens is 168 g/mol. The van der Waals surface area contributed by atoms with Gasteiger partial charge in [0.15, 0.2) is 0 Å². The highest BCUT2D eigenvalue weighted by Crippen LogP contribution is 2.41. The second-order valence-electron chi connectivity index (χ2n) is 5.31. The van der Waals surface area contributed by atoms with Gasteiger partial charge >= 0.3 is 6.47 Å². The van der Waals surface area contributed by atoms with Gasteiger partial charge in [-0.15, -0.1) is 0 Å². The lowest BCUT2D eigenvalue weighted by molar-refractivity contribution is 0.404. The summed E-state index contributed by atoms with van der Waals surface area (Å²) in [5, 5.41) is 0.214. The van der Waals surface area contributed by atoms with E-state index in [4.69, 9.17) is 4.43 Å². The molecule has 0 aromatic rings. The van der Waals surface area contributed by atoms with Gasteiger partial charge in [-0.05, 0) is 10.1 Å². The monoisotopic (exact) mass is 187 g/mol. The number of rotatable bonds is 2. The minimum absolute atomic E-state index is 0.107. The molecule has 0 saturated heterocycles. The van der Waals surface area contributed by atoms with Crippen LogP contribution in [0.1, 0.15) is 41.5 Å². The van der Waals surface area contributed by atoms with Gasteiger partial charge in [0.25, 0.3) is 9.04 Å². The van der Waals surface area contributed by atoms with Crippen LogP contribution in [0.2, 0.25) is 10.1 Å². The van der Waals surface area contributed by atoms with E-state index in [0.717, 1.165) is 0 Å². The summed E-state index contributed by atoms with van der Waals surface area (Å²) in [7, 11) is -1.53. The van der Waals surface area contributed by atoms with Crippen molar-refractivity contribution in [2.45, 2.75) is 51.6 Å². The summed E-state index contributed by atoms with van der Waals surface area (Å²) in [5.41, 5.74) is 0. The van der Waals surface area contributed by atoms with Crippen LogP contribution < -0.4 is 0 Å². The van der Waals surface area contributed by atoms with Gasteiger partial charge in [0.05, 0.1) is 0 Å². The van der Waals surface area contributed by atoms with Crippen molar-refractivity contribution in [2.24, 2.45) is 0 Å². The van der Waals surface area contributed by atoms with E-state index >= 15 is 0 Å². The molecule has 0 aromatic heterocycles. The molecule has 0 atom stereocenters. The molecule has 0 unspecified atom stereocenters. The lowest BCUT2D eigenvalue weighted by Crippen LogP contribution is -2.37. The van der Waals surface area contributed by atoms with Crippen LogP contribution in [0.15, 0.2) is 0 Å². The Bertz CT molecular complexity index is 139. The fourth-order valence-electron chi connectivity index (χ4n) is 1.70. The predicted octanol–water partition coefficient (Wildman–Crippen LogP) is 2.39. The lowest BCUT2D eigenvalue weighted by atomic mass is 10.2. The fourth-order valence-corrected chi connectivity index (χ4v) is 5.10. The molecule has 0 aliphatic carbocycles. The molecule has 0 aliphatic rings. The van der Waals surface area contributed by atoms with E-state index in [0.29, 0.717) is 0 Å². The maximum atomic E-state index is 10.2. The molecule has 0 rings (SSSR count). The van der Waals surface area contributed by atoms with Gasteiger partial charge in [0.1, 0.15) is 0 Å². The summed E-state index contributed by atoms with van der Waals surface area (Å²) < 4.78 is 5.10. The minimum atomic E-state index is -1.53. The molecule has 0 bridgehead atoms. The minimum Gasteiger partial charge on any atom is -0.513 e. The third-order valence-corrected chi connectivity index (χ3v) is 5.22. The Balaban J connectivity index is 4.56. The summed E-state index contributed by atoms with van der Waals surface area (Å²) in [5.74, 6) is 0. The summed E-state index contributed by atoms with van der Waals surface area (Å²) >= 11 is 0. The van der Waals surface area contributed by atoms with Crippen molar-refractivity contribution in [3.8, 4) is 0 Å². The van der Waals surface area contributed by atoms with Crippen LogP contribution in [0.5, 0.6) is 0 Å². The van der Waals surface area contributed by atoms with Crippen LogP contribution in [0.3, 0.4) is 0 Å². The number of hydrogen-bond donors (Lipinski definition) is 0. The molecule has 0 aliphatic heterocycles. The third-order valence-electron chi connectivity index (χ3n) is 1.74. The molecule has 3 heteroatoms. The van der Waals surface area contributed by atoms with Crippen LogP contribution >= 0.6 is 0 Å². The summed E-state index contributed by atoms with van der Waals surface area (Å²) in [4.78, 5) is 10.2. The highest BCUT2D eigenvalue weighted by molar-refractivity contribution is 6.59. The topological polar surface area (TPSA) is 26.3 Å². The quantitative estimate of drug-likeness (QED) is 0.620. The summed E-state index contributed by atoms with van der Waals surface area (Å²) in [6, 6.07) is 0.